The summed E-state index contributed by atoms with van der Waals surface area (Å²) in [7, 11) is 1.42. The van der Waals surface area contributed by atoms with Gasteiger partial charge in [0.1, 0.15) is 17.6 Å². The van der Waals surface area contributed by atoms with Gasteiger partial charge in [-0.05, 0) is 24.3 Å². The quantitative estimate of drug-likeness (QED) is 0.831. The molecule has 150 valence electrons. The summed E-state index contributed by atoms with van der Waals surface area (Å²) in [6.45, 7) is 0.0656. The molecule has 1 aliphatic heterocycles. The summed E-state index contributed by atoms with van der Waals surface area (Å²) in [5.41, 5.74) is 0.00449. The number of carbonyl (C=O) groups is 2. The van der Waals surface area contributed by atoms with Crippen LogP contribution >= 0.6 is 0 Å². The number of para-hydroxylation sites is 1. The average molecular weight is 399 g/mol. The van der Waals surface area contributed by atoms with Crippen LogP contribution in [0.15, 0.2) is 40.8 Å². The number of methoxy groups -OCH3 is 1. The van der Waals surface area contributed by atoms with Gasteiger partial charge in [0.25, 0.3) is 5.91 Å². The molecule has 28 heavy (non-hydrogen) atoms. The Morgan fingerprint density at radius 1 is 1.21 bits per heavy atom. The van der Waals surface area contributed by atoms with Gasteiger partial charge in [-0.25, -0.2) is 4.79 Å². The summed E-state index contributed by atoms with van der Waals surface area (Å²) in [5, 5.41) is 9.32. The van der Waals surface area contributed by atoms with E-state index in [0.29, 0.717) is 0 Å². The molecule has 2 heterocycles. The number of carbonyl (C=O) groups excluding carboxylic acids is 1. The maximum Gasteiger partial charge on any atom is 0.573 e. The van der Waals surface area contributed by atoms with Gasteiger partial charge in [0.05, 0.1) is 11.7 Å². The number of ether oxygens (including phenoxy) is 2. The first kappa shape index (κ1) is 19.7. The van der Waals surface area contributed by atoms with E-state index in [4.69, 9.17) is 9.15 Å². The predicted molar refractivity (Wildman–Crippen MR) is 88.7 cm³/mol. The number of furan rings is 1. The lowest BCUT2D eigenvalue weighted by atomic mass is 10.1. The molecular weight excluding hydrogens is 383 g/mol. The van der Waals surface area contributed by atoms with E-state index in [1.807, 2.05) is 0 Å². The van der Waals surface area contributed by atoms with E-state index in [1.54, 1.807) is 0 Å². The van der Waals surface area contributed by atoms with E-state index in [-0.39, 0.29) is 30.0 Å². The van der Waals surface area contributed by atoms with E-state index in [1.165, 1.54) is 37.4 Å². The van der Waals surface area contributed by atoms with Crippen LogP contribution in [0.5, 0.6) is 5.75 Å². The second-order valence-electron chi connectivity index (χ2n) is 6.11. The Balaban J connectivity index is 1.87. The molecule has 7 nitrogen and oxygen atoms in total. The van der Waals surface area contributed by atoms with Crippen LogP contribution in [0.1, 0.15) is 17.0 Å². The van der Waals surface area contributed by atoms with Crippen molar-refractivity contribution in [1.29, 1.82) is 0 Å². The fraction of sp³-hybridized carbons (Fsp3) is 0.333. The first-order valence-corrected chi connectivity index (χ1v) is 8.21. The SMILES string of the molecule is COC1CC(C(=O)O)N(C(=O)c2ccc(-c3ccccc3OC(F)(F)F)o2)C1. The number of aliphatic carboxylic acids is 1. The highest BCUT2D eigenvalue weighted by atomic mass is 19.4. The van der Waals surface area contributed by atoms with Gasteiger partial charge in [-0.15, -0.1) is 13.2 Å². The Labute approximate surface area is 157 Å². The van der Waals surface area contributed by atoms with Crippen LogP contribution in [0.2, 0.25) is 0 Å². The number of alkyl halides is 3. The molecule has 0 radical (unpaired) electrons. The van der Waals surface area contributed by atoms with Crippen molar-refractivity contribution in [3.63, 3.8) is 0 Å². The van der Waals surface area contributed by atoms with E-state index < -0.39 is 36.1 Å². The second-order valence-corrected chi connectivity index (χ2v) is 6.11. The van der Waals surface area contributed by atoms with Crippen molar-refractivity contribution in [3.05, 3.63) is 42.2 Å². The van der Waals surface area contributed by atoms with Crippen molar-refractivity contribution < 1.29 is 41.8 Å². The average Bonchev–Trinajstić information content (AvgIpc) is 3.27. The molecule has 2 atom stereocenters. The molecule has 2 aromatic rings. The highest BCUT2D eigenvalue weighted by Gasteiger charge is 2.41. The first-order chi connectivity index (χ1) is 13.2. The van der Waals surface area contributed by atoms with Gasteiger partial charge >= 0.3 is 12.3 Å². The highest BCUT2D eigenvalue weighted by molar-refractivity contribution is 5.95. The zero-order chi connectivity index (χ0) is 20.5. The molecule has 3 rings (SSSR count). The second kappa shape index (κ2) is 7.55. The molecule has 1 amide bonds. The number of amides is 1. The first-order valence-electron chi connectivity index (χ1n) is 8.21. The number of carboxylic acid groups (broad SMARTS) is 1. The molecule has 1 fully saturated rings. The van der Waals surface area contributed by atoms with Crippen molar-refractivity contribution in [2.45, 2.75) is 24.9 Å². The minimum absolute atomic E-state index is 0.00449. The maximum absolute atomic E-state index is 12.7. The third-order valence-corrected chi connectivity index (χ3v) is 4.34. The third kappa shape index (κ3) is 4.11. The molecule has 1 aromatic carbocycles. The third-order valence-electron chi connectivity index (χ3n) is 4.34. The molecule has 2 unspecified atom stereocenters. The Kier molecular flexibility index (Phi) is 5.32. The Hall–Kier alpha value is -3.01. The molecule has 0 spiro atoms. The van der Waals surface area contributed by atoms with Crippen LogP contribution in [0, 0.1) is 0 Å². The largest absolute Gasteiger partial charge is 0.573 e. The molecule has 0 bridgehead atoms. The number of benzene rings is 1. The Bertz CT molecular complexity index is 878. The predicted octanol–water partition coefficient (Wildman–Crippen LogP) is 3.16. The topological polar surface area (TPSA) is 89.2 Å². The van der Waals surface area contributed by atoms with Gasteiger partial charge < -0.3 is 23.9 Å². The van der Waals surface area contributed by atoms with Crippen molar-refractivity contribution in [2.24, 2.45) is 0 Å². The van der Waals surface area contributed by atoms with Crippen LogP contribution in [0.3, 0.4) is 0 Å². The van der Waals surface area contributed by atoms with Crippen LogP contribution in [-0.2, 0) is 9.53 Å². The Morgan fingerprint density at radius 2 is 1.93 bits per heavy atom. The number of hydrogen-bond donors (Lipinski definition) is 1. The minimum Gasteiger partial charge on any atom is -0.480 e. The van der Waals surface area contributed by atoms with Crippen LogP contribution < -0.4 is 4.74 Å². The number of rotatable bonds is 5. The van der Waals surface area contributed by atoms with Gasteiger partial charge in [0.15, 0.2) is 5.76 Å². The van der Waals surface area contributed by atoms with E-state index in [0.717, 1.165) is 11.0 Å². The highest BCUT2D eigenvalue weighted by Crippen LogP contribution is 2.35. The molecule has 1 aromatic heterocycles. The Morgan fingerprint density at radius 3 is 2.57 bits per heavy atom. The summed E-state index contributed by atoms with van der Waals surface area (Å²) in [6, 6.07) is 6.86. The zero-order valence-corrected chi connectivity index (χ0v) is 14.6. The minimum atomic E-state index is -4.89. The lowest BCUT2D eigenvalue weighted by Crippen LogP contribution is -2.40. The monoisotopic (exact) mass is 399 g/mol. The number of hydrogen-bond acceptors (Lipinski definition) is 5. The normalized spacial score (nSPS) is 19.6. The smallest absolute Gasteiger partial charge is 0.480 e. The van der Waals surface area contributed by atoms with Crippen molar-refractivity contribution in [1.82, 2.24) is 4.90 Å². The van der Waals surface area contributed by atoms with Crippen LogP contribution in [0.25, 0.3) is 11.3 Å². The van der Waals surface area contributed by atoms with Crippen LogP contribution in [-0.4, -0.2) is 54.0 Å². The molecule has 1 aliphatic rings. The summed E-state index contributed by atoms with van der Waals surface area (Å²) >= 11 is 0. The lowest BCUT2D eigenvalue weighted by Gasteiger charge is -2.19. The van der Waals surface area contributed by atoms with Crippen LogP contribution in [0.4, 0.5) is 13.2 Å². The lowest BCUT2D eigenvalue weighted by molar-refractivity contribution is -0.274. The molecular formula is C18H16F3NO6. The fourth-order valence-electron chi connectivity index (χ4n) is 3.05. The molecule has 10 heteroatoms. The standard InChI is InChI=1S/C18H16F3NO6/c1-26-10-8-12(17(24)25)22(9-10)16(23)15-7-6-13(27-15)11-4-2-3-5-14(11)28-18(19,20)21/h2-7,10,12H,8-9H2,1H3,(H,24,25). The zero-order valence-electron chi connectivity index (χ0n) is 14.6. The van der Waals surface area contributed by atoms with Crippen molar-refractivity contribution >= 4 is 11.9 Å². The van der Waals surface area contributed by atoms with Gasteiger partial charge in [-0.2, -0.15) is 0 Å². The van der Waals surface area contributed by atoms with Crippen molar-refractivity contribution in [2.75, 3.05) is 13.7 Å². The van der Waals surface area contributed by atoms with Gasteiger partial charge in [-0.1, -0.05) is 12.1 Å². The van der Waals surface area contributed by atoms with Gasteiger partial charge in [0, 0.05) is 20.1 Å². The summed E-state index contributed by atoms with van der Waals surface area (Å²) in [5.74, 6) is -2.55. The van der Waals surface area contributed by atoms with E-state index >= 15 is 0 Å². The van der Waals surface area contributed by atoms with E-state index in [2.05, 4.69) is 4.74 Å². The number of nitrogens with zero attached hydrogens (tertiary/aromatic N) is 1. The van der Waals surface area contributed by atoms with E-state index in [9.17, 15) is 27.9 Å². The summed E-state index contributed by atoms with van der Waals surface area (Å²) < 4.78 is 52.3. The fourth-order valence-corrected chi connectivity index (χ4v) is 3.05. The number of halogens is 3. The summed E-state index contributed by atoms with van der Waals surface area (Å²) in [4.78, 5) is 25.2. The van der Waals surface area contributed by atoms with Gasteiger partial charge in [-0.3, -0.25) is 4.79 Å². The number of carboxylic acids is 1. The summed E-state index contributed by atoms with van der Waals surface area (Å²) in [6.07, 6.45) is -5.19. The molecule has 0 saturated carbocycles. The molecule has 1 saturated heterocycles. The molecule has 0 aliphatic carbocycles. The van der Waals surface area contributed by atoms with Crippen molar-refractivity contribution in [3.8, 4) is 17.1 Å². The molecule has 1 N–H and O–H groups in total. The van der Waals surface area contributed by atoms with Gasteiger partial charge in [0.2, 0.25) is 0 Å². The maximum atomic E-state index is 12.7. The number of likely N-dealkylation sites (tertiary alicyclic amines) is 1.